The number of rotatable bonds is 6. The summed E-state index contributed by atoms with van der Waals surface area (Å²) in [7, 11) is 2.15. The number of aryl methyl sites for hydroxylation is 1. The van der Waals surface area contributed by atoms with Crippen molar-refractivity contribution in [3.8, 4) is 0 Å². The van der Waals surface area contributed by atoms with Crippen molar-refractivity contribution >= 4 is 0 Å². The van der Waals surface area contributed by atoms with E-state index in [-0.39, 0.29) is 0 Å². The van der Waals surface area contributed by atoms with Gasteiger partial charge in [0.25, 0.3) is 0 Å². The molecule has 0 aliphatic carbocycles. The van der Waals surface area contributed by atoms with Crippen LogP contribution in [-0.4, -0.2) is 25.0 Å². The number of nitrogens with one attached hydrogen (secondary N) is 1. The predicted molar refractivity (Wildman–Crippen MR) is 76.6 cm³/mol. The number of hydrogen-bond acceptors (Lipinski definition) is 3. The first kappa shape index (κ1) is 15.3. The summed E-state index contributed by atoms with van der Waals surface area (Å²) in [6.07, 6.45) is 0. The molecule has 3 heteroatoms. The molecule has 0 amide bonds. The lowest BCUT2D eigenvalue weighted by Gasteiger charge is -2.25. The topological polar surface area (TPSA) is 28.4 Å². The smallest absolute Gasteiger partial charge is 0.120 e. The van der Waals surface area contributed by atoms with Crippen molar-refractivity contribution in [1.82, 2.24) is 10.2 Å². The van der Waals surface area contributed by atoms with Gasteiger partial charge in [0.2, 0.25) is 0 Å². The van der Waals surface area contributed by atoms with Gasteiger partial charge >= 0.3 is 0 Å². The molecular weight excluding hydrogens is 224 g/mol. The fraction of sp³-hybridized carbons (Fsp3) is 0.733. The molecule has 1 rings (SSSR count). The van der Waals surface area contributed by atoms with E-state index in [1.807, 2.05) is 0 Å². The molecular formula is C15H28N2O. The second-order valence-corrected chi connectivity index (χ2v) is 6.33. The first-order valence-electron chi connectivity index (χ1n) is 6.79. The Kier molecular flexibility index (Phi) is 5.42. The molecule has 104 valence electrons. The Morgan fingerprint density at radius 1 is 1.33 bits per heavy atom. The molecule has 0 fully saturated rings. The van der Waals surface area contributed by atoms with E-state index in [1.54, 1.807) is 0 Å². The summed E-state index contributed by atoms with van der Waals surface area (Å²) in [5, 5.41) is 3.30. The van der Waals surface area contributed by atoms with Gasteiger partial charge in [-0.05, 0) is 37.6 Å². The lowest BCUT2D eigenvalue weighted by Crippen LogP contribution is -2.28. The highest BCUT2D eigenvalue weighted by atomic mass is 16.3. The second kappa shape index (κ2) is 6.39. The Hall–Kier alpha value is -0.800. The van der Waals surface area contributed by atoms with E-state index >= 15 is 0 Å². The van der Waals surface area contributed by atoms with E-state index in [2.05, 4.69) is 57.9 Å². The van der Waals surface area contributed by atoms with E-state index < -0.39 is 0 Å². The zero-order valence-electron chi connectivity index (χ0n) is 12.8. The van der Waals surface area contributed by atoms with E-state index in [0.717, 1.165) is 37.7 Å². The maximum absolute atomic E-state index is 5.90. The van der Waals surface area contributed by atoms with Gasteiger partial charge in [0, 0.05) is 6.54 Å². The number of nitrogens with zero attached hydrogens (tertiary/aromatic N) is 1. The minimum absolute atomic E-state index is 0.322. The van der Waals surface area contributed by atoms with Gasteiger partial charge in [-0.2, -0.15) is 0 Å². The Balaban J connectivity index is 2.57. The van der Waals surface area contributed by atoms with Crippen molar-refractivity contribution in [2.45, 2.75) is 47.7 Å². The third-order valence-electron chi connectivity index (χ3n) is 2.78. The van der Waals surface area contributed by atoms with Gasteiger partial charge in [-0.25, -0.2) is 0 Å². The van der Waals surface area contributed by atoms with Gasteiger partial charge in [-0.15, -0.1) is 0 Å². The zero-order chi connectivity index (χ0) is 13.8. The molecule has 0 aliphatic rings. The van der Waals surface area contributed by atoms with Crippen molar-refractivity contribution in [3.63, 3.8) is 0 Å². The SMILES string of the molecule is CCNCc1oc(CN(C)CC(C)(C)C)cc1C. The summed E-state index contributed by atoms with van der Waals surface area (Å²) in [5.41, 5.74) is 1.57. The molecule has 0 bridgehead atoms. The third kappa shape index (κ3) is 5.23. The summed E-state index contributed by atoms with van der Waals surface area (Å²) in [6.45, 7) is 14.7. The molecule has 0 aliphatic heterocycles. The summed E-state index contributed by atoms with van der Waals surface area (Å²) >= 11 is 0. The van der Waals surface area contributed by atoms with Crippen molar-refractivity contribution in [3.05, 3.63) is 23.2 Å². The van der Waals surface area contributed by atoms with Crippen molar-refractivity contribution in [2.24, 2.45) is 5.41 Å². The molecule has 3 nitrogen and oxygen atoms in total. The molecule has 0 saturated carbocycles. The average Bonchev–Trinajstić information content (AvgIpc) is 2.52. The molecule has 18 heavy (non-hydrogen) atoms. The lowest BCUT2D eigenvalue weighted by molar-refractivity contribution is 0.206. The monoisotopic (exact) mass is 252 g/mol. The molecule has 1 aromatic rings. The highest BCUT2D eigenvalue weighted by molar-refractivity contribution is 5.20. The normalized spacial score (nSPS) is 12.4. The maximum atomic E-state index is 5.90. The van der Waals surface area contributed by atoms with Gasteiger partial charge in [0.15, 0.2) is 0 Å². The van der Waals surface area contributed by atoms with Gasteiger partial charge < -0.3 is 9.73 Å². The summed E-state index contributed by atoms with van der Waals surface area (Å²) < 4.78 is 5.90. The fourth-order valence-corrected chi connectivity index (χ4v) is 2.21. The van der Waals surface area contributed by atoms with Crippen LogP contribution in [0.5, 0.6) is 0 Å². The van der Waals surface area contributed by atoms with Crippen LogP contribution in [0.25, 0.3) is 0 Å². The summed E-state index contributed by atoms with van der Waals surface area (Å²) in [6, 6.07) is 2.16. The van der Waals surface area contributed by atoms with Crippen LogP contribution in [0, 0.1) is 12.3 Å². The Morgan fingerprint density at radius 3 is 2.56 bits per heavy atom. The molecule has 0 spiro atoms. The van der Waals surface area contributed by atoms with E-state index in [1.165, 1.54) is 5.56 Å². The molecule has 1 N–H and O–H groups in total. The van der Waals surface area contributed by atoms with Crippen LogP contribution in [0.2, 0.25) is 0 Å². The molecule has 0 atom stereocenters. The van der Waals surface area contributed by atoms with Crippen molar-refractivity contribution < 1.29 is 4.42 Å². The van der Waals surface area contributed by atoms with Crippen molar-refractivity contribution in [2.75, 3.05) is 20.1 Å². The Labute approximate surface area is 112 Å². The average molecular weight is 252 g/mol. The number of hydrogen-bond donors (Lipinski definition) is 1. The summed E-state index contributed by atoms with van der Waals surface area (Å²) in [4.78, 5) is 2.31. The molecule has 0 unspecified atom stereocenters. The van der Waals surface area contributed by atoms with Crippen molar-refractivity contribution in [1.29, 1.82) is 0 Å². The second-order valence-electron chi connectivity index (χ2n) is 6.33. The van der Waals surface area contributed by atoms with Gasteiger partial charge in [0.1, 0.15) is 11.5 Å². The van der Waals surface area contributed by atoms with Crippen LogP contribution in [0.4, 0.5) is 0 Å². The molecule has 0 saturated heterocycles. The van der Waals surface area contributed by atoms with Crippen LogP contribution in [-0.2, 0) is 13.1 Å². The zero-order valence-corrected chi connectivity index (χ0v) is 12.8. The van der Waals surface area contributed by atoms with Crippen LogP contribution < -0.4 is 5.32 Å². The minimum atomic E-state index is 0.322. The molecule has 0 aromatic carbocycles. The van der Waals surface area contributed by atoms with E-state index in [0.29, 0.717) is 5.41 Å². The lowest BCUT2D eigenvalue weighted by atomic mass is 9.96. The van der Waals surface area contributed by atoms with Gasteiger partial charge in [0.05, 0.1) is 13.1 Å². The third-order valence-corrected chi connectivity index (χ3v) is 2.78. The van der Waals surface area contributed by atoms with E-state index in [9.17, 15) is 0 Å². The van der Waals surface area contributed by atoms with Gasteiger partial charge in [-0.1, -0.05) is 27.7 Å². The van der Waals surface area contributed by atoms with Crippen LogP contribution >= 0.6 is 0 Å². The van der Waals surface area contributed by atoms with Crippen LogP contribution in [0.1, 0.15) is 44.8 Å². The van der Waals surface area contributed by atoms with Crippen LogP contribution in [0.15, 0.2) is 10.5 Å². The Morgan fingerprint density at radius 2 is 2.00 bits per heavy atom. The fourth-order valence-electron chi connectivity index (χ4n) is 2.21. The number of furan rings is 1. The van der Waals surface area contributed by atoms with Gasteiger partial charge in [-0.3, -0.25) is 4.90 Å². The predicted octanol–water partition coefficient (Wildman–Crippen LogP) is 3.18. The standard InChI is InChI=1S/C15H28N2O/c1-7-16-9-14-12(2)8-13(18-14)10-17(6)11-15(3,4)5/h8,16H,7,9-11H2,1-6H3. The van der Waals surface area contributed by atoms with Crippen LogP contribution in [0.3, 0.4) is 0 Å². The first-order chi connectivity index (χ1) is 8.31. The molecule has 1 heterocycles. The van der Waals surface area contributed by atoms with E-state index in [4.69, 9.17) is 4.42 Å². The maximum Gasteiger partial charge on any atom is 0.120 e. The largest absolute Gasteiger partial charge is 0.463 e. The molecule has 1 aromatic heterocycles. The quantitative estimate of drug-likeness (QED) is 0.843. The molecule has 0 radical (unpaired) electrons. The minimum Gasteiger partial charge on any atom is -0.463 e. The summed E-state index contributed by atoms with van der Waals surface area (Å²) in [5.74, 6) is 2.13. The highest BCUT2D eigenvalue weighted by Crippen LogP contribution is 2.19. The first-order valence-corrected chi connectivity index (χ1v) is 6.79. The highest BCUT2D eigenvalue weighted by Gasteiger charge is 2.15. The Bertz CT molecular complexity index is 363.